The molecule has 2 heteroatoms. The third-order valence-corrected chi connectivity index (χ3v) is 7.87. The predicted molar refractivity (Wildman–Crippen MR) is 90.8 cm³/mol. The minimum absolute atomic E-state index is 0.711. The molecule has 0 spiro atoms. The summed E-state index contributed by atoms with van der Waals surface area (Å²) < 4.78 is 0. The lowest BCUT2D eigenvalue weighted by molar-refractivity contribution is -0.0506. The Balaban J connectivity index is 1.50. The predicted octanol–water partition coefficient (Wildman–Crippen LogP) is 4.51. The fraction of sp³-hybridized carbons (Fsp3) is 0.789. The molecule has 1 nitrogen and oxygen atoms in total. The number of thiophene rings is 1. The van der Waals surface area contributed by atoms with Crippen molar-refractivity contribution in [1.82, 2.24) is 5.32 Å². The molecule has 1 N–H and O–H groups in total. The van der Waals surface area contributed by atoms with E-state index in [1.54, 1.807) is 41.9 Å². The van der Waals surface area contributed by atoms with Crippen molar-refractivity contribution in [2.75, 3.05) is 7.05 Å². The van der Waals surface area contributed by atoms with E-state index in [1.165, 1.54) is 12.8 Å². The van der Waals surface area contributed by atoms with E-state index in [0.29, 0.717) is 6.04 Å². The molecular weight excluding hydrogens is 274 g/mol. The number of aryl methyl sites for hydroxylation is 1. The van der Waals surface area contributed by atoms with Crippen LogP contribution in [0.15, 0.2) is 12.1 Å². The first kappa shape index (κ1) is 14.3. The molecule has 1 atom stereocenters. The van der Waals surface area contributed by atoms with Crippen LogP contribution in [0.3, 0.4) is 0 Å². The number of likely N-dealkylation sites (N-methyl/N-ethyl adjacent to an activating group) is 1. The van der Waals surface area contributed by atoms with Crippen LogP contribution >= 0.6 is 11.3 Å². The van der Waals surface area contributed by atoms with Crippen LogP contribution in [0.5, 0.6) is 0 Å². The average molecular weight is 304 g/mol. The topological polar surface area (TPSA) is 12.0 Å². The Kier molecular flexibility index (Phi) is 3.87. The van der Waals surface area contributed by atoms with Gasteiger partial charge in [-0.25, -0.2) is 0 Å². The monoisotopic (exact) mass is 303 g/mol. The fourth-order valence-electron chi connectivity index (χ4n) is 5.99. The molecule has 1 aromatic heterocycles. The van der Waals surface area contributed by atoms with E-state index >= 15 is 0 Å². The van der Waals surface area contributed by atoms with Gasteiger partial charge >= 0.3 is 0 Å². The highest BCUT2D eigenvalue weighted by Crippen LogP contribution is 2.57. The maximum absolute atomic E-state index is 3.71. The van der Waals surface area contributed by atoms with E-state index in [4.69, 9.17) is 0 Å². The Morgan fingerprint density at radius 2 is 1.67 bits per heavy atom. The molecule has 4 fully saturated rings. The Labute approximate surface area is 133 Å². The summed E-state index contributed by atoms with van der Waals surface area (Å²) in [5, 5.41) is 3.71. The van der Waals surface area contributed by atoms with Crippen LogP contribution in [0.4, 0.5) is 0 Å². The van der Waals surface area contributed by atoms with E-state index in [2.05, 4.69) is 31.4 Å². The summed E-state index contributed by atoms with van der Waals surface area (Å²) in [4.78, 5) is 3.14. The van der Waals surface area contributed by atoms with Gasteiger partial charge in [0.15, 0.2) is 0 Å². The van der Waals surface area contributed by atoms with Gasteiger partial charge in [0.1, 0.15) is 0 Å². The molecule has 0 aromatic carbocycles. The summed E-state index contributed by atoms with van der Waals surface area (Å²) in [6.07, 6.45) is 10.2. The van der Waals surface area contributed by atoms with Crippen molar-refractivity contribution in [1.29, 1.82) is 0 Å². The highest BCUT2D eigenvalue weighted by Gasteiger charge is 2.50. The van der Waals surface area contributed by atoms with Crippen molar-refractivity contribution < 1.29 is 0 Å². The molecule has 4 bridgehead atoms. The lowest BCUT2D eigenvalue weighted by atomic mass is 9.50. The van der Waals surface area contributed by atoms with E-state index < -0.39 is 0 Å². The smallest absolute Gasteiger partial charge is 0.0146 e. The summed E-state index contributed by atoms with van der Waals surface area (Å²) in [5.41, 5.74) is 0. The maximum Gasteiger partial charge on any atom is 0.0146 e. The molecule has 0 saturated heterocycles. The number of hydrogen-bond acceptors (Lipinski definition) is 2. The number of hydrogen-bond donors (Lipinski definition) is 1. The lowest BCUT2D eigenvalue weighted by Crippen LogP contribution is -2.53. The fourth-order valence-corrected chi connectivity index (χ4v) is 7.01. The maximum atomic E-state index is 3.71. The largest absolute Gasteiger partial charge is 0.316 e. The van der Waals surface area contributed by atoms with Gasteiger partial charge in [0.05, 0.1) is 0 Å². The molecule has 0 aliphatic heterocycles. The van der Waals surface area contributed by atoms with Gasteiger partial charge < -0.3 is 5.32 Å². The summed E-state index contributed by atoms with van der Waals surface area (Å²) in [5.74, 6) is 5.20. The Morgan fingerprint density at radius 1 is 1.05 bits per heavy atom. The Bertz CT molecular complexity index is 464. The van der Waals surface area contributed by atoms with E-state index in [9.17, 15) is 0 Å². The number of nitrogens with one attached hydrogen (secondary N) is 1. The second kappa shape index (κ2) is 5.70. The summed E-state index contributed by atoms with van der Waals surface area (Å²) >= 11 is 2.04. The van der Waals surface area contributed by atoms with Gasteiger partial charge in [-0.15, -0.1) is 11.3 Å². The quantitative estimate of drug-likeness (QED) is 0.843. The lowest BCUT2D eigenvalue weighted by Gasteiger charge is -2.56. The third-order valence-electron chi connectivity index (χ3n) is 6.62. The highest BCUT2D eigenvalue weighted by molar-refractivity contribution is 7.11. The molecule has 21 heavy (non-hydrogen) atoms. The molecular formula is C19H29NS. The van der Waals surface area contributed by atoms with Crippen LogP contribution in [0.1, 0.15) is 48.8 Å². The van der Waals surface area contributed by atoms with Crippen LogP contribution in [-0.2, 0) is 12.8 Å². The zero-order valence-corrected chi connectivity index (χ0v) is 14.3. The van der Waals surface area contributed by atoms with Gasteiger partial charge in [-0.3, -0.25) is 0 Å². The van der Waals surface area contributed by atoms with E-state index in [0.717, 1.165) is 29.6 Å². The SMILES string of the molecule is CCc1ccc(CC(NC)C2C3CC4CC(C3)CC2C4)s1. The van der Waals surface area contributed by atoms with Crippen LogP contribution in [0.2, 0.25) is 0 Å². The van der Waals surface area contributed by atoms with Crippen LogP contribution in [-0.4, -0.2) is 13.1 Å². The highest BCUT2D eigenvalue weighted by atomic mass is 32.1. The molecule has 116 valence electrons. The van der Waals surface area contributed by atoms with Crippen molar-refractivity contribution in [3.8, 4) is 0 Å². The molecule has 4 saturated carbocycles. The van der Waals surface area contributed by atoms with Gasteiger partial charge in [0.25, 0.3) is 0 Å². The molecule has 1 aromatic rings. The van der Waals surface area contributed by atoms with Crippen molar-refractivity contribution in [3.63, 3.8) is 0 Å². The molecule has 4 aliphatic carbocycles. The average Bonchev–Trinajstić information content (AvgIpc) is 2.92. The van der Waals surface area contributed by atoms with Gasteiger partial charge in [-0.1, -0.05) is 6.92 Å². The first-order chi connectivity index (χ1) is 10.3. The molecule has 1 heterocycles. The van der Waals surface area contributed by atoms with Crippen molar-refractivity contribution >= 4 is 11.3 Å². The zero-order valence-electron chi connectivity index (χ0n) is 13.5. The van der Waals surface area contributed by atoms with Crippen molar-refractivity contribution in [3.05, 3.63) is 21.9 Å². The van der Waals surface area contributed by atoms with Crippen LogP contribution in [0, 0.1) is 29.6 Å². The zero-order chi connectivity index (χ0) is 14.4. The van der Waals surface area contributed by atoms with Crippen LogP contribution in [0.25, 0.3) is 0 Å². The molecule has 0 radical (unpaired) electrons. The second-order valence-electron chi connectivity index (χ2n) is 7.83. The Hall–Kier alpha value is -0.340. The standard InChI is InChI=1S/C19H29NS/c1-3-16-4-5-17(21-16)11-18(20-2)19-14-7-12-6-13(9-14)10-15(19)8-12/h4-5,12-15,18-20H,3,6-11H2,1-2H3. The molecule has 1 unspecified atom stereocenters. The Morgan fingerprint density at radius 3 is 2.19 bits per heavy atom. The van der Waals surface area contributed by atoms with Gasteiger partial charge in [-0.2, -0.15) is 0 Å². The van der Waals surface area contributed by atoms with Crippen molar-refractivity contribution in [2.24, 2.45) is 29.6 Å². The molecule has 4 aliphatic rings. The second-order valence-corrected chi connectivity index (χ2v) is 9.08. The van der Waals surface area contributed by atoms with Gasteiger partial charge in [-0.05, 0) is 93.7 Å². The molecule has 5 rings (SSSR count). The minimum atomic E-state index is 0.711. The summed E-state index contributed by atoms with van der Waals surface area (Å²) in [7, 11) is 2.20. The molecule has 0 amide bonds. The third kappa shape index (κ3) is 2.59. The van der Waals surface area contributed by atoms with Gasteiger partial charge in [0.2, 0.25) is 0 Å². The van der Waals surface area contributed by atoms with E-state index in [1.807, 2.05) is 11.3 Å². The normalized spacial score (nSPS) is 38.9. The number of rotatable bonds is 5. The van der Waals surface area contributed by atoms with Gasteiger partial charge in [0, 0.05) is 15.8 Å². The summed E-state index contributed by atoms with van der Waals surface area (Å²) in [6.45, 7) is 2.27. The van der Waals surface area contributed by atoms with Crippen molar-refractivity contribution in [2.45, 2.75) is 57.9 Å². The first-order valence-electron chi connectivity index (χ1n) is 9.01. The van der Waals surface area contributed by atoms with E-state index in [-0.39, 0.29) is 0 Å². The minimum Gasteiger partial charge on any atom is -0.316 e. The first-order valence-corrected chi connectivity index (χ1v) is 9.83. The summed E-state index contributed by atoms with van der Waals surface area (Å²) in [6, 6.07) is 5.43. The van der Waals surface area contributed by atoms with Crippen LogP contribution < -0.4 is 5.32 Å².